The molecule has 0 unspecified atom stereocenters. The Balaban J connectivity index is 2.91. The van der Waals surface area contributed by atoms with Crippen LogP contribution in [0.2, 0.25) is 0 Å². The monoisotopic (exact) mass is 120 g/mol. The van der Waals surface area contributed by atoms with E-state index in [2.05, 4.69) is 16.6 Å². The molecule has 0 fully saturated rings. The van der Waals surface area contributed by atoms with Crippen LogP contribution in [-0.4, -0.2) is 19.0 Å². The molecule has 0 saturated heterocycles. The molecule has 46 valence electrons. The minimum atomic E-state index is 0.875. The highest BCUT2D eigenvalue weighted by Gasteiger charge is 1.98. The van der Waals surface area contributed by atoms with Crippen LogP contribution in [0.1, 0.15) is 0 Å². The summed E-state index contributed by atoms with van der Waals surface area (Å²) in [4.78, 5) is 7.84. The molecule has 0 N–H and O–H groups in total. The van der Waals surface area contributed by atoms with Crippen molar-refractivity contribution in [3.05, 3.63) is 24.4 Å². The molecule has 1 rings (SSSR count). The van der Waals surface area contributed by atoms with E-state index in [0.29, 0.717) is 0 Å². The highest BCUT2D eigenvalue weighted by molar-refractivity contribution is 6.22. The van der Waals surface area contributed by atoms with Crippen molar-refractivity contribution in [1.29, 1.82) is 0 Å². The topological polar surface area (TPSA) is 24.7 Å². The zero-order valence-corrected chi connectivity index (χ0v) is 5.33. The summed E-state index contributed by atoms with van der Waals surface area (Å²) in [5.41, 5.74) is 1.78. The van der Waals surface area contributed by atoms with Crippen LogP contribution in [0.4, 0.5) is 0 Å². The van der Waals surface area contributed by atoms with Crippen LogP contribution in [0.5, 0.6) is 0 Å². The van der Waals surface area contributed by atoms with Crippen LogP contribution in [-0.2, 0) is 0 Å². The number of allylic oxidation sites excluding steroid dienone is 2. The molecular weight excluding hydrogens is 112 g/mol. The number of rotatable bonds is 0. The molecule has 0 saturated carbocycles. The summed E-state index contributed by atoms with van der Waals surface area (Å²) in [5.74, 6) is 0. The molecular formula is C7H8N2. The van der Waals surface area contributed by atoms with Crippen LogP contribution in [0.25, 0.3) is 0 Å². The van der Waals surface area contributed by atoms with Crippen LogP contribution in [0.3, 0.4) is 0 Å². The molecule has 0 bridgehead atoms. The molecule has 0 aliphatic carbocycles. The predicted octanol–water partition coefficient (Wildman–Crippen LogP) is 1.21. The highest BCUT2D eigenvalue weighted by Crippen LogP contribution is 1.98. The summed E-state index contributed by atoms with van der Waals surface area (Å²) in [7, 11) is 1.74. The second kappa shape index (κ2) is 2.40. The zero-order chi connectivity index (χ0) is 6.69. The van der Waals surface area contributed by atoms with Gasteiger partial charge < -0.3 is 0 Å². The van der Waals surface area contributed by atoms with Gasteiger partial charge in [-0.15, -0.1) is 0 Å². The Morgan fingerprint density at radius 2 is 2.44 bits per heavy atom. The molecule has 0 radical (unpaired) electrons. The van der Waals surface area contributed by atoms with Gasteiger partial charge in [-0.05, 0) is 6.08 Å². The number of hydrogen-bond acceptors (Lipinski definition) is 2. The third-order valence-corrected chi connectivity index (χ3v) is 1.12. The van der Waals surface area contributed by atoms with Gasteiger partial charge in [-0.1, -0.05) is 6.58 Å². The second-order valence-electron chi connectivity index (χ2n) is 1.73. The van der Waals surface area contributed by atoms with Crippen LogP contribution >= 0.6 is 0 Å². The molecule has 0 amide bonds. The average molecular weight is 120 g/mol. The van der Waals surface area contributed by atoms with E-state index in [9.17, 15) is 0 Å². The van der Waals surface area contributed by atoms with E-state index in [-0.39, 0.29) is 0 Å². The Morgan fingerprint density at radius 3 is 2.89 bits per heavy atom. The molecule has 1 heterocycles. The summed E-state index contributed by atoms with van der Waals surface area (Å²) in [5, 5.41) is 0. The first-order valence-electron chi connectivity index (χ1n) is 2.70. The fourth-order valence-corrected chi connectivity index (χ4v) is 0.638. The third-order valence-electron chi connectivity index (χ3n) is 1.12. The van der Waals surface area contributed by atoms with Gasteiger partial charge in [0.1, 0.15) is 0 Å². The molecule has 0 aromatic rings. The first kappa shape index (κ1) is 5.95. The molecule has 2 nitrogen and oxygen atoms in total. The molecule has 0 aromatic carbocycles. The van der Waals surface area contributed by atoms with Crippen molar-refractivity contribution in [2.24, 2.45) is 9.98 Å². The van der Waals surface area contributed by atoms with Gasteiger partial charge in [0, 0.05) is 25.0 Å². The van der Waals surface area contributed by atoms with Crippen LogP contribution < -0.4 is 0 Å². The quantitative estimate of drug-likeness (QED) is 0.459. The van der Waals surface area contributed by atoms with Gasteiger partial charge in [-0.25, -0.2) is 0 Å². The van der Waals surface area contributed by atoms with Gasteiger partial charge in [0.2, 0.25) is 0 Å². The van der Waals surface area contributed by atoms with Crippen molar-refractivity contribution in [3.8, 4) is 0 Å². The molecule has 0 atom stereocenters. The number of hydrogen-bond donors (Lipinski definition) is 0. The Kier molecular flexibility index (Phi) is 1.58. The smallest absolute Gasteiger partial charge is 0.0667 e. The molecule has 9 heavy (non-hydrogen) atoms. The van der Waals surface area contributed by atoms with Crippen molar-refractivity contribution in [2.45, 2.75) is 0 Å². The minimum Gasteiger partial charge on any atom is -0.288 e. The first-order chi connectivity index (χ1) is 4.34. The second-order valence-corrected chi connectivity index (χ2v) is 1.73. The van der Waals surface area contributed by atoms with Crippen molar-refractivity contribution in [1.82, 2.24) is 0 Å². The Morgan fingerprint density at radius 1 is 1.67 bits per heavy atom. The minimum absolute atomic E-state index is 0.875. The standard InChI is InChI=1S/C7H8N2/c1-6-5-9-4-3-7(6)8-2/h3-5H,1H2,2H3/b8-7-. The fraction of sp³-hybridized carbons (Fsp3) is 0.143. The normalized spacial score (nSPS) is 21.4. The zero-order valence-electron chi connectivity index (χ0n) is 5.33. The maximum Gasteiger partial charge on any atom is 0.0667 e. The molecule has 0 aromatic heterocycles. The predicted molar refractivity (Wildman–Crippen MR) is 40.1 cm³/mol. The summed E-state index contributed by atoms with van der Waals surface area (Å²) in [6, 6.07) is 0. The van der Waals surface area contributed by atoms with Gasteiger partial charge in [0.05, 0.1) is 5.71 Å². The summed E-state index contributed by atoms with van der Waals surface area (Å²) in [6.45, 7) is 3.74. The van der Waals surface area contributed by atoms with Crippen molar-refractivity contribution in [3.63, 3.8) is 0 Å². The number of aliphatic imine (C=N–C) groups is 2. The van der Waals surface area contributed by atoms with Gasteiger partial charge >= 0.3 is 0 Å². The molecule has 2 heteroatoms. The Labute approximate surface area is 54.3 Å². The van der Waals surface area contributed by atoms with E-state index >= 15 is 0 Å². The van der Waals surface area contributed by atoms with E-state index in [1.807, 2.05) is 6.08 Å². The maximum atomic E-state index is 3.97. The van der Waals surface area contributed by atoms with Gasteiger partial charge in [0.15, 0.2) is 0 Å². The molecule has 0 spiro atoms. The maximum absolute atomic E-state index is 3.97. The molecule has 1 aliphatic rings. The first-order valence-corrected chi connectivity index (χ1v) is 2.70. The lowest BCUT2D eigenvalue weighted by atomic mass is 10.2. The van der Waals surface area contributed by atoms with E-state index < -0.39 is 0 Å². The van der Waals surface area contributed by atoms with Crippen LogP contribution in [0, 0.1) is 0 Å². The van der Waals surface area contributed by atoms with E-state index in [1.54, 1.807) is 19.5 Å². The summed E-state index contributed by atoms with van der Waals surface area (Å²) in [6.07, 6.45) is 5.24. The average Bonchev–Trinajstić information content (AvgIpc) is 1.89. The lowest BCUT2D eigenvalue weighted by molar-refractivity contribution is 1.43. The van der Waals surface area contributed by atoms with Crippen molar-refractivity contribution < 1.29 is 0 Å². The number of nitrogens with zero attached hydrogens (tertiary/aromatic N) is 2. The van der Waals surface area contributed by atoms with E-state index in [1.165, 1.54) is 0 Å². The van der Waals surface area contributed by atoms with Gasteiger partial charge in [-0.2, -0.15) is 0 Å². The SMILES string of the molecule is C=C1C=NC=C/C1=N/C. The third kappa shape index (κ3) is 1.13. The van der Waals surface area contributed by atoms with Gasteiger partial charge in [0.25, 0.3) is 0 Å². The molecule has 1 aliphatic heterocycles. The van der Waals surface area contributed by atoms with E-state index in [0.717, 1.165) is 11.3 Å². The van der Waals surface area contributed by atoms with Crippen LogP contribution in [0.15, 0.2) is 34.4 Å². The van der Waals surface area contributed by atoms with Gasteiger partial charge in [-0.3, -0.25) is 9.98 Å². The summed E-state index contributed by atoms with van der Waals surface area (Å²) >= 11 is 0. The van der Waals surface area contributed by atoms with Crippen molar-refractivity contribution in [2.75, 3.05) is 7.05 Å². The highest BCUT2D eigenvalue weighted by atomic mass is 14.7. The lowest BCUT2D eigenvalue weighted by Gasteiger charge is -2.00. The van der Waals surface area contributed by atoms with E-state index in [4.69, 9.17) is 0 Å². The fourth-order valence-electron chi connectivity index (χ4n) is 0.638. The Hall–Kier alpha value is -1.18. The largest absolute Gasteiger partial charge is 0.288 e. The Bertz CT molecular complexity index is 209. The van der Waals surface area contributed by atoms with Crippen molar-refractivity contribution >= 4 is 11.9 Å². The summed E-state index contributed by atoms with van der Waals surface area (Å²) < 4.78 is 0. The lowest BCUT2D eigenvalue weighted by Crippen LogP contribution is -2.01.